The van der Waals surface area contributed by atoms with Crippen LogP contribution in [0, 0.1) is 0 Å². The van der Waals surface area contributed by atoms with Gasteiger partial charge in [0.1, 0.15) is 0 Å². The molecule has 0 saturated heterocycles. The highest BCUT2D eigenvalue weighted by atomic mass is 16.5. The quantitative estimate of drug-likeness (QED) is 0.765. The Morgan fingerprint density at radius 3 is 2.79 bits per heavy atom. The van der Waals surface area contributed by atoms with Gasteiger partial charge in [-0.2, -0.15) is 5.10 Å². The molecule has 1 aliphatic heterocycles. The Labute approximate surface area is 139 Å². The number of rotatable bonds is 4. The second kappa shape index (κ2) is 6.42. The molecule has 0 aromatic carbocycles. The number of ether oxygens (including phenoxy) is 1. The predicted molar refractivity (Wildman–Crippen MR) is 87.4 cm³/mol. The number of carbonyl (C=O) groups is 1. The Morgan fingerprint density at radius 1 is 1.33 bits per heavy atom. The van der Waals surface area contributed by atoms with Crippen LogP contribution in [-0.2, 0) is 18.8 Å². The minimum absolute atomic E-state index is 0.326. The third-order valence-electron chi connectivity index (χ3n) is 4.18. The first-order valence-corrected chi connectivity index (χ1v) is 7.88. The molecule has 0 amide bonds. The highest BCUT2D eigenvalue weighted by molar-refractivity contribution is 5.88. The van der Waals surface area contributed by atoms with Crippen LogP contribution in [0.15, 0.2) is 11.6 Å². The average Bonchev–Trinajstić information content (AvgIpc) is 3.14. The Kier molecular flexibility index (Phi) is 4.32. The van der Waals surface area contributed by atoms with E-state index in [0.717, 1.165) is 30.2 Å². The van der Waals surface area contributed by atoms with Crippen LogP contribution in [0.3, 0.4) is 0 Å². The molecule has 0 aliphatic carbocycles. The lowest BCUT2D eigenvalue weighted by Gasteiger charge is -2.29. The summed E-state index contributed by atoms with van der Waals surface area (Å²) in [5.74, 6) is 0.329. The zero-order chi connectivity index (χ0) is 17.3. The number of nitrogens with zero attached hydrogens (tertiary/aromatic N) is 7. The molecule has 9 heteroatoms. The van der Waals surface area contributed by atoms with Crippen molar-refractivity contribution < 1.29 is 9.53 Å². The van der Waals surface area contributed by atoms with Crippen molar-refractivity contribution in [3.8, 4) is 0 Å². The first kappa shape index (κ1) is 16.2. The van der Waals surface area contributed by atoms with E-state index in [1.54, 1.807) is 22.4 Å². The molecule has 3 rings (SSSR count). The van der Waals surface area contributed by atoms with Crippen LogP contribution in [-0.4, -0.2) is 55.7 Å². The molecule has 0 unspecified atom stereocenters. The van der Waals surface area contributed by atoms with Gasteiger partial charge < -0.3 is 9.64 Å². The first-order chi connectivity index (χ1) is 11.5. The van der Waals surface area contributed by atoms with Gasteiger partial charge in [-0.15, -0.1) is 0 Å². The minimum atomic E-state index is -0.400. The topological polar surface area (TPSA) is 91.0 Å². The normalized spacial score (nSPS) is 15.1. The number of hydrogen-bond acceptors (Lipinski definition) is 7. The van der Waals surface area contributed by atoms with Gasteiger partial charge in [0.05, 0.1) is 12.3 Å². The van der Waals surface area contributed by atoms with Crippen LogP contribution < -0.4 is 4.90 Å². The molecule has 9 nitrogen and oxygen atoms in total. The second-order valence-corrected chi connectivity index (χ2v) is 5.79. The fourth-order valence-electron chi connectivity index (χ4n) is 2.88. The predicted octanol–water partition coefficient (Wildman–Crippen LogP) is 0.804. The lowest BCUT2D eigenvalue weighted by atomic mass is 9.98. The van der Waals surface area contributed by atoms with Crippen LogP contribution in [0.1, 0.15) is 36.5 Å². The number of carbonyl (C=O) groups excluding carboxylic acids is 1. The van der Waals surface area contributed by atoms with Gasteiger partial charge in [0.25, 0.3) is 0 Å². The zero-order valence-electron chi connectivity index (χ0n) is 14.4. The van der Waals surface area contributed by atoms with Gasteiger partial charge in [0, 0.05) is 27.2 Å². The molecule has 3 heterocycles. The Balaban J connectivity index is 1.90. The number of esters is 1. The van der Waals surface area contributed by atoms with Gasteiger partial charge in [-0.3, -0.25) is 4.68 Å². The summed E-state index contributed by atoms with van der Waals surface area (Å²) in [6.45, 7) is 5.74. The van der Waals surface area contributed by atoms with Crippen LogP contribution >= 0.6 is 0 Å². The van der Waals surface area contributed by atoms with Gasteiger partial charge in [-0.05, 0) is 42.3 Å². The summed E-state index contributed by atoms with van der Waals surface area (Å²) in [5, 5.41) is 16.0. The molecule has 128 valence electrons. The number of hydrogen-bond donors (Lipinski definition) is 0. The molecular formula is C15H21N7O2. The van der Waals surface area contributed by atoms with E-state index in [4.69, 9.17) is 4.74 Å². The monoisotopic (exact) mass is 331 g/mol. The number of aryl methyl sites for hydroxylation is 2. The van der Waals surface area contributed by atoms with Crippen LogP contribution in [0.4, 0.5) is 5.95 Å². The Bertz CT molecular complexity index is 790. The lowest BCUT2D eigenvalue weighted by Crippen LogP contribution is -2.33. The summed E-state index contributed by atoms with van der Waals surface area (Å²) in [5.41, 5.74) is 3.65. The molecule has 0 saturated carbocycles. The lowest BCUT2D eigenvalue weighted by molar-refractivity contribution is 0.0518. The Hall–Kier alpha value is -2.71. The molecule has 0 spiro atoms. The maximum atomic E-state index is 11.9. The van der Waals surface area contributed by atoms with E-state index in [9.17, 15) is 4.79 Å². The van der Waals surface area contributed by atoms with Crippen molar-refractivity contribution in [2.24, 2.45) is 14.1 Å². The fourth-order valence-corrected chi connectivity index (χ4v) is 2.88. The SMILES string of the molecule is CCOC(=O)c1cc(C2=C(C)CCN(c3nnnn3C)C2)n(C)n1. The number of anilines is 1. The van der Waals surface area contributed by atoms with E-state index in [0.29, 0.717) is 18.8 Å². The van der Waals surface area contributed by atoms with Crippen molar-refractivity contribution in [1.29, 1.82) is 0 Å². The molecule has 0 bridgehead atoms. The smallest absolute Gasteiger partial charge is 0.358 e. The minimum Gasteiger partial charge on any atom is -0.461 e. The molecule has 0 radical (unpaired) electrons. The van der Waals surface area contributed by atoms with Crippen molar-refractivity contribution in [1.82, 2.24) is 30.0 Å². The average molecular weight is 331 g/mol. The third-order valence-corrected chi connectivity index (χ3v) is 4.18. The standard InChI is InChI=1S/C15H21N7O2/c1-5-24-14(23)12-8-13(20(3)17-12)11-9-22(7-6-10(11)2)15-16-18-19-21(15)4/h8H,5-7,9H2,1-4H3. The number of aromatic nitrogens is 6. The molecule has 0 atom stereocenters. The van der Waals surface area contributed by atoms with E-state index in [1.807, 2.05) is 14.1 Å². The van der Waals surface area contributed by atoms with Gasteiger partial charge in [0.15, 0.2) is 5.69 Å². The van der Waals surface area contributed by atoms with Crippen LogP contribution in [0.25, 0.3) is 5.57 Å². The summed E-state index contributed by atoms with van der Waals surface area (Å²) in [4.78, 5) is 14.0. The van der Waals surface area contributed by atoms with Crippen molar-refractivity contribution >= 4 is 17.5 Å². The summed E-state index contributed by atoms with van der Waals surface area (Å²) in [6.07, 6.45) is 0.905. The largest absolute Gasteiger partial charge is 0.461 e. The molecular weight excluding hydrogens is 310 g/mol. The van der Waals surface area contributed by atoms with E-state index in [-0.39, 0.29) is 0 Å². The van der Waals surface area contributed by atoms with Gasteiger partial charge in [0.2, 0.25) is 5.95 Å². The molecule has 24 heavy (non-hydrogen) atoms. The summed E-state index contributed by atoms with van der Waals surface area (Å²) >= 11 is 0. The van der Waals surface area contributed by atoms with Crippen LogP contribution in [0.5, 0.6) is 0 Å². The van der Waals surface area contributed by atoms with E-state index >= 15 is 0 Å². The summed E-state index contributed by atoms with van der Waals surface area (Å²) < 4.78 is 8.42. The van der Waals surface area contributed by atoms with Gasteiger partial charge >= 0.3 is 5.97 Å². The summed E-state index contributed by atoms with van der Waals surface area (Å²) in [7, 11) is 3.66. The second-order valence-electron chi connectivity index (χ2n) is 5.79. The Morgan fingerprint density at radius 2 is 2.12 bits per heavy atom. The van der Waals surface area contributed by atoms with E-state index in [2.05, 4.69) is 32.4 Å². The van der Waals surface area contributed by atoms with Crippen molar-refractivity contribution in [3.63, 3.8) is 0 Å². The molecule has 2 aromatic heterocycles. The molecule has 2 aromatic rings. The van der Waals surface area contributed by atoms with Gasteiger partial charge in [-0.25, -0.2) is 9.48 Å². The maximum Gasteiger partial charge on any atom is 0.358 e. The van der Waals surface area contributed by atoms with Gasteiger partial charge in [-0.1, -0.05) is 10.7 Å². The number of tetrazole rings is 1. The van der Waals surface area contributed by atoms with Crippen molar-refractivity contribution in [3.05, 3.63) is 23.0 Å². The first-order valence-electron chi connectivity index (χ1n) is 7.88. The van der Waals surface area contributed by atoms with Crippen molar-refractivity contribution in [2.75, 3.05) is 24.6 Å². The highest BCUT2D eigenvalue weighted by Gasteiger charge is 2.25. The van der Waals surface area contributed by atoms with Crippen LogP contribution in [0.2, 0.25) is 0 Å². The summed E-state index contributed by atoms with van der Waals surface area (Å²) in [6, 6.07) is 1.79. The maximum absolute atomic E-state index is 11.9. The molecule has 0 fully saturated rings. The molecule has 1 aliphatic rings. The fraction of sp³-hybridized carbons (Fsp3) is 0.533. The third kappa shape index (κ3) is 2.89. The zero-order valence-corrected chi connectivity index (χ0v) is 14.4. The van der Waals surface area contributed by atoms with E-state index in [1.165, 1.54) is 5.57 Å². The molecule has 0 N–H and O–H groups in total. The highest BCUT2D eigenvalue weighted by Crippen LogP contribution is 2.28. The van der Waals surface area contributed by atoms with E-state index < -0.39 is 5.97 Å². The van der Waals surface area contributed by atoms with Crippen molar-refractivity contribution in [2.45, 2.75) is 20.3 Å².